The van der Waals surface area contributed by atoms with Gasteiger partial charge in [-0.1, -0.05) is 74.0 Å². The van der Waals surface area contributed by atoms with E-state index in [4.69, 9.17) is 0 Å². The van der Waals surface area contributed by atoms with Crippen LogP contribution in [0.15, 0.2) is 48.5 Å². The predicted octanol–water partition coefficient (Wildman–Crippen LogP) is 2.03. The molecular formula is C27H31N7O3. The summed E-state index contributed by atoms with van der Waals surface area (Å²) in [5.74, 6) is -0.631. The van der Waals surface area contributed by atoms with Gasteiger partial charge < -0.3 is 10.6 Å². The first-order valence-electron chi connectivity index (χ1n) is 12.8. The van der Waals surface area contributed by atoms with Gasteiger partial charge in [0.1, 0.15) is 12.1 Å². The number of H-pyrrole nitrogens is 1. The van der Waals surface area contributed by atoms with Gasteiger partial charge in [-0.2, -0.15) is 5.21 Å². The highest BCUT2D eigenvalue weighted by Gasteiger charge is 2.44. The molecule has 3 amide bonds. The Labute approximate surface area is 215 Å². The number of aromatic amines is 1. The topological polar surface area (TPSA) is 133 Å². The number of aromatic nitrogens is 4. The molecule has 0 saturated carbocycles. The molecule has 0 bridgehead atoms. The maximum atomic E-state index is 13.9. The molecule has 37 heavy (non-hydrogen) atoms. The Kier molecular flexibility index (Phi) is 6.98. The van der Waals surface area contributed by atoms with E-state index in [1.807, 2.05) is 48.5 Å². The third-order valence-corrected chi connectivity index (χ3v) is 7.49. The Morgan fingerprint density at radius 3 is 2.65 bits per heavy atom. The van der Waals surface area contributed by atoms with E-state index in [0.717, 1.165) is 28.8 Å². The number of amides is 3. The van der Waals surface area contributed by atoms with Crippen LogP contribution in [0.3, 0.4) is 0 Å². The summed E-state index contributed by atoms with van der Waals surface area (Å²) in [6.45, 7) is 4.22. The Bertz CT molecular complexity index is 1280. The molecule has 10 nitrogen and oxygen atoms in total. The zero-order valence-electron chi connectivity index (χ0n) is 21.0. The highest BCUT2D eigenvalue weighted by molar-refractivity contribution is 6.08. The molecule has 3 aromatic rings. The van der Waals surface area contributed by atoms with Gasteiger partial charge in [0.15, 0.2) is 5.82 Å². The van der Waals surface area contributed by atoms with Gasteiger partial charge in [0.25, 0.3) is 0 Å². The van der Waals surface area contributed by atoms with Gasteiger partial charge in [-0.3, -0.25) is 19.3 Å². The van der Waals surface area contributed by atoms with Crippen molar-refractivity contribution >= 4 is 23.4 Å². The molecule has 0 unspecified atom stereocenters. The Hall–Kier alpha value is -4.08. The number of carbonyl (C=O) groups excluding carboxylic acids is 3. The van der Waals surface area contributed by atoms with Crippen LogP contribution in [0.5, 0.6) is 0 Å². The molecule has 2 aliphatic heterocycles. The number of hydrogen-bond acceptors (Lipinski definition) is 6. The van der Waals surface area contributed by atoms with Crippen LogP contribution in [-0.4, -0.2) is 50.4 Å². The van der Waals surface area contributed by atoms with Gasteiger partial charge in [0.05, 0.1) is 18.2 Å². The Balaban J connectivity index is 1.39. The van der Waals surface area contributed by atoms with E-state index in [-0.39, 0.29) is 36.1 Å². The van der Waals surface area contributed by atoms with Gasteiger partial charge in [0.2, 0.25) is 17.7 Å². The number of rotatable bonds is 8. The summed E-state index contributed by atoms with van der Waals surface area (Å²) in [5, 5.41) is 19.5. The average molecular weight is 502 g/mol. The maximum absolute atomic E-state index is 13.9. The molecule has 0 saturated heterocycles. The molecule has 192 valence electrons. The van der Waals surface area contributed by atoms with Crippen molar-refractivity contribution < 1.29 is 14.4 Å². The number of nitrogens with one attached hydrogen (secondary N) is 3. The van der Waals surface area contributed by atoms with Crippen molar-refractivity contribution in [2.24, 2.45) is 5.92 Å². The molecule has 5 rings (SSSR count). The van der Waals surface area contributed by atoms with Gasteiger partial charge in [-0.25, -0.2) is 0 Å². The Morgan fingerprint density at radius 1 is 1.14 bits per heavy atom. The molecule has 0 aliphatic carbocycles. The van der Waals surface area contributed by atoms with E-state index in [9.17, 15) is 14.4 Å². The first-order valence-corrected chi connectivity index (χ1v) is 12.8. The minimum absolute atomic E-state index is 0.0996. The lowest BCUT2D eigenvalue weighted by molar-refractivity contribution is -0.130. The number of para-hydroxylation sites is 1. The molecule has 4 atom stereocenters. The van der Waals surface area contributed by atoms with Crippen LogP contribution >= 0.6 is 0 Å². The molecule has 0 fully saturated rings. The predicted molar refractivity (Wildman–Crippen MR) is 136 cm³/mol. The molecule has 0 radical (unpaired) electrons. The highest BCUT2D eigenvalue weighted by Crippen LogP contribution is 2.39. The van der Waals surface area contributed by atoms with Gasteiger partial charge in [0, 0.05) is 6.42 Å². The minimum atomic E-state index is -0.728. The van der Waals surface area contributed by atoms with Gasteiger partial charge >= 0.3 is 0 Å². The minimum Gasteiger partial charge on any atom is -0.347 e. The quantitative estimate of drug-likeness (QED) is 0.433. The second-order valence-electron chi connectivity index (χ2n) is 9.77. The fourth-order valence-corrected chi connectivity index (χ4v) is 5.41. The van der Waals surface area contributed by atoms with Crippen LogP contribution < -0.4 is 15.5 Å². The van der Waals surface area contributed by atoms with Crippen LogP contribution in [0.1, 0.15) is 55.1 Å². The van der Waals surface area contributed by atoms with Crippen LogP contribution in [0.2, 0.25) is 0 Å². The summed E-state index contributed by atoms with van der Waals surface area (Å²) in [7, 11) is 0. The fraction of sp³-hybridized carbons (Fsp3) is 0.407. The number of nitrogens with zero attached hydrogens (tertiary/aromatic N) is 4. The van der Waals surface area contributed by atoms with Crippen molar-refractivity contribution in [3.05, 3.63) is 71.0 Å². The highest BCUT2D eigenvalue weighted by atomic mass is 16.2. The lowest BCUT2D eigenvalue weighted by Gasteiger charge is -2.29. The molecular weight excluding hydrogens is 470 g/mol. The normalized spacial score (nSPS) is 20.1. The summed E-state index contributed by atoms with van der Waals surface area (Å²) < 4.78 is 0. The van der Waals surface area contributed by atoms with Crippen molar-refractivity contribution in [1.82, 2.24) is 31.3 Å². The first-order chi connectivity index (χ1) is 18.0. The van der Waals surface area contributed by atoms with Crippen molar-refractivity contribution in [2.75, 3.05) is 4.90 Å². The van der Waals surface area contributed by atoms with E-state index >= 15 is 0 Å². The second kappa shape index (κ2) is 10.5. The standard InChI is InChI=1S/C27H31N7O3/c1-3-16(2)23(17-8-5-4-6-9-17)26(36)29-20-13-12-18-10-7-11-19-14-21(34(24(18)19)27(20)37)25(35)28-15-22-30-32-33-31-22/h4-11,16,20-21,23H,3,12-15H2,1-2H3,(H,28,35)(H,29,36)(H,30,31,32,33)/t16-,20-,21-,23+/m0/s1. The van der Waals surface area contributed by atoms with E-state index in [2.05, 4.69) is 45.1 Å². The number of anilines is 1. The summed E-state index contributed by atoms with van der Waals surface area (Å²) in [6.07, 6.45) is 2.34. The molecule has 0 spiro atoms. The molecule has 10 heteroatoms. The summed E-state index contributed by atoms with van der Waals surface area (Å²) in [6, 6.07) is 14.2. The van der Waals surface area contributed by atoms with Crippen LogP contribution in [0.4, 0.5) is 5.69 Å². The lowest BCUT2D eigenvalue weighted by atomic mass is 9.84. The number of hydrogen-bond donors (Lipinski definition) is 3. The summed E-state index contributed by atoms with van der Waals surface area (Å²) in [4.78, 5) is 42.4. The fourth-order valence-electron chi connectivity index (χ4n) is 5.41. The maximum Gasteiger partial charge on any atom is 0.250 e. The third kappa shape index (κ3) is 4.83. The van der Waals surface area contributed by atoms with Crippen molar-refractivity contribution in [3.63, 3.8) is 0 Å². The zero-order valence-corrected chi connectivity index (χ0v) is 21.0. The van der Waals surface area contributed by atoms with E-state index < -0.39 is 12.1 Å². The average Bonchev–Trinajstić information content (AvgIpc) is 3.55. The number of carbonyl (C=O) groups is 3. The van der Waals surface area contributed by atoms with Crippen LogP contribution in [-0.2, 0) is 33.8 Å². The SMILES string of the molecule is CC[C@H](C)[C@@H](C(=O)N[C@H]1CCc2cccc3c2N(C1=O)[C@H](C(=O)NCc1nn[nH]n1)C3)c1ccccc1. The number of aryl methyl sites for hydroxylation is 1. The summed E-state index contributed by atoms with van der Waals surface area (Å²) >= 11 is 0. The van der Waals surface area contributed by atoms with E-state index in [1.54, 1.807) is 4.90 Å². The lowest BCUT2D eigenvalue weighted by Crippen LogP contribution is -2.55. The van der Waals surface area contributed by atoms with E-state index in [1.165, 1.54) is 0 Å². The van der Waals surface area contributed by atoms with Crippen LogP contribution in [0.25, 0.3) is 0 Å². The zero-order chi connectivity index (χ0) is 25.9. The molecule has 3 heterocycles. The third-order valence-electron chi connectivity index (χ3n) is 7.49. The molecule has 3 N–H and O–H groups in total. The van der Waals surface area contributed by atoms with E-state index in [0.29, 0.717) is 25.1 Å². The van der Waals surface area contributed by atoms with Gasteiger partial charge in [-0.15, -0.1) is 10.2 Å². The monoisotopic (exact) mass is 501 g/mol. The van der Waals surface area contributed by atoms with Crippen molar-refractivity contribution in [3.8, 4) is 0 Å². The molecule has 2 aromatic carbocycles. The van der Waals surface area contributed by atoms with Crippen molar-refractivity contribution in [2.45, 2.75) is 64.1 Å². The summed E-state index contributed by atoms with van der Waals surface area (Å²) in [5.41, 5.74) is 3.70. The van der Waals surface area contributed by atoms with Crippen LogP contribution in [0, 0.1) is 5.92 Å². The largest absolute Gasteiger partial charge is 0.347 e. The molecule has 2 aliphatic rings. The van der Waals surface area contributed by atoms with Gasteiger partial charge in [-0.05, 0) is 35.4 Å². The second-order valence-corrected chi connectivity index (χ2v) is 9.77. The smallest absolute Gasteiger partial charge is 0.250 e. The van der Waals surface area contributed by atoms with Crippen molar-refractivity contribution in [1.29, 1.82) is 0 Å². The number of tetrazole rings is 1. The molecule has 1 aromatic heterocycles. The Morgan fingerprint density at radius 2 is 1.92 bits per heavy atom. The first kappa shape index (κ1) is 24.6. The number of benzene rings is 2.